The molecule has 0 spiro atoms. The Labute approximate surface area is 130 Å². The minimum Gasteiger partial charge on any atom is -0.390 e. The van der Waals surface area contributed by atoms with Gasteiger partial charge in [0.2, 0.25) is 5.91 Å². The number of amides is 2. The maximum atomic E-state index is 12.6. The molecule has 1 heterocycles. The molecule has 0 aromatic heterocycles. The first-order valence-corrected chi connectivity index (χ1v) is 6.91. The van der Waals surface area contributed by atoms with E-state index in [1.54, 1.807) is 0 Å². The van der Waals surface area contributed by atoms with Gasteiger partial charge in [0.1, 0.15) is 0 Å². The number of halogens is 3. The fraction of sp³-hybridized carbons (Fsp3) is 0.429. The summed E-state index contributed by atoms with van der Waals surface area (Å²) in [5.74, 6) is -1.31. The lowest BCUT2D eigenvalue weighted by atomic mass is 10.1. The Morgan fingerprint density at radius 1 is 1.30 bits per heavy atom. The van der Waals surface area contributed by atoms with E-state index in [9.17, 15) is 27.9 Å². The molecule has 1 aliphatic rings. The first-order valence-electron chi connectivity index (χ1n) is 6.91. The number of aliphatic hydroxyl groups is 1. The topological polar surface area (TPSA) is 90.5 Å². The van der Waals surface area contributed by atoms with Crippen LogP contribution in [0, 0.1) is 0 Å². The number of aliphatic hydroxyl groups excluding tert-OH is 1. The monoisotopic (exact) mass is 331 g/mol. The standard InChI is InChI=1S/C14H16F3N3O3/c15-14(16,17)9-3-1-2-8(4-9)13(23)19-7-12(22)20-10-5-18-6-11(10)21/h1-4,10-11,18,21H,5-7H2,(H,19,23)(H,20,22)/t10-,11?/m0/s1. The summed E-state index contributed by atoms with van der Waals surface area (Å²) >= 11 is 0. The largest absolute Gasteiger partial charge is 0.416 e. The second-order valence-electron chi connectivity index (χ2n) is 5.16. The van der Waals surface area contributed by atoms with E-state index < -0.39 is 42.2 Å². The number of hydrogen-bond acceptors (Lipinski definition) is 4. The van der Waals surface area contributed by atoms with Gasteiger partial charge in [-0.1, -0.05) is 6.07 Å². The summed E-state index contributed by atoms with van der Waals surface area (Å²) in [5, 5.41) is 17.2. The molecule has 0 saturated carbocycles. The van der Waals surface area contributed by atoms with Gasteiger partial charge in [-0.15, -0.1) is 0 Å². The molecule has 23 heavy (non-hydrogen) atoms. The quantitative estimate of drug-likeness (QED) is 0.619. The second-order valence-corrected chi connectivity index (χ2v) is 5.16. The Hall–Kier alpha value is -2.13. The summed E-state index contributed by atoms with van der Waals surface area (Å²) in [6, 6.07) is 3.48. The summed E-state index contributed by atoms with van der Waals surface area (Å²) in [6.07, 6.45) is -5.25. The fourth-order valence-electron chi connectivity index (χ4n) is 2.17. The molecule has 2 rings (SSSR count). The average Bonchev–Trinajstić information content (AvgIpc) is 2.89. The van der Waals surface area contributed by atoms with Crippen molar-refractivity contribution in [1.82, 2.24) is 16.0 Å². The second kappa shape index (κ2) is 6.97. The lowest BCUT2D eigenvalue weighted by Gasteiger charge is -2.15. The van der Waals surface area contributed by atoms with Crippen LogP contribution in [0.3, 0.4) is 0 Å². The molecule has 1 aliphatic heterocycles. The smallest absolute Gasteiger partial charge is 0.390 e. The molecule has 9 heteroatoms. The minimum atomic E-state index is -4.54. The van der Waals surface area contributed by atoms with Crippen LogP contribution in [0.4, 0.5) is 13.2 Å². The van der Waals surface area contributed by atoms with E-state index >= 15 is 0 Å². The van der Waals surface area contributed by atoms with Gasteiger partial charge in [0.05, 0.1) is 24.3 Å². The van der Waals surface area contributed by atoms with Crippen molar-refractivity contribution >= 4 is 11.8 Å². The highest BCUT2D eigenvalue weighted by molar-refractivity contribution is 5.96. The van der Waals surface area contributed by atoms with Gasteiger partial charge >= 0.3 is 6.18 Å². The molecule has 0 bridgehead atoms. The van der Waals surface area contributed by atoms with E-state index in [0.29, 0.717) is 13.1 Å². The van der Waals surface area contributed by atoms with Crippen LogP contribution in [0.15, 0.2) is 24.3 Å². The molecule has 0 radical (unpaired) electrons. The van der Waals surface area contributed by atoms with Crippen LogP contribution in [0.25, 0.3) is 0 Å². The molecule has 1 saturated heterocycles. The Balaban J connectivity index is 1.88. The Morgan fingerprint density at radius 3 is 2.65 bits per heavy atom. The zero-order chi connectivity index (χ0) is 17.0. The fourth-order valence-corrected chi connectivity index (χ4v) is 2.17. The zero-order valence-corrected chi connectivity index (χ0v) is 12.0. The third-order valence-corrected chi connectivity index (χ3v) is 3.39. The van der Waals surface area contributed by atoms with Crippen LogP contribution >= 0.6 is 0 Å². The lowest BCUT2D eigenvalue weighted by Crippen LogP contribution is -2.46. The van der Waals surface area contributed by atoms with E-state index in [0.717, 1.165) is 18.2 Å². The minimum absolute atomic E-state index is 0.185. The molecular formula is C14H16F3N3O3. The van der Waals surface area contributed by atoms with Crippen LogP contribution in [-0.2, 0) is 11.0 Å². The Morgan fingerprint density at radius 2 is 2.04 bits per heavy atom. The highest BCUT2D eigenvalue weighted by Crippen LogP contribution is 2.29. The van der Waals surface area contributed by atoms with Crippen molar-refractivity contribution in [2.75, 3.05) is 19.6 Å². The van der Waals surface area contributed by atoms with Crippen LogP contribution in [0.5, 0.6) is 0 Å². The predicted molar refractivity (Wildman–Crippen MR) is 74.6 cm³/mol. The Bertz CT molecular complexity index is 592. The van der Waals surface area contributed by atoms with Crippen molar-refractivity contribution in [2.45, 2.75) is 18.3 Å². The van der Waals surface area contributed by atoms with Gasteiger partial charge in [0, 0.05) is 18.7 Å². The molecule has 126 valence electrons. The van der Waals surface area contributed by atoms with Crippen molar-refractivity contribution in [3.8, 4) is 0 Å². The van der Waals surface area contributed by atoms with Gasteiger partial charge < -0.3 is 21.1 Å². The first kappa shape index (κ1) is 17.2. The van der Waals surface area contributed by atoms with E-state index in [-0.39, 0.29) is 5.56 Å². The van der Waals surface area contributed by atoms with Gasteiger partial charge in [-0.25, -0.2) is 0 Å². The number of benzene rings is 1. The summed E-state index contributed by atoms with van der Waals surface area (Å²) in [7, 11) is 0. The third-order valence-electron chi connectivity index (χ3n) is 3.39. The van der Waals surface area contributed by atoms with Crippen LogP contribution in [-0.4, -0.2) is 48.7 Å². The third kappa shape index (κ3) is 4.67. The molecule has 2 atom stereocenters. The van der Waals surface area contributed by atoms with Gasteiger partial charge in [-0.3, -0.25) is 9.59 Å². The van der Waals surface area contributed by atoms with E-state index in [4.69, 9.17) is 0 Å². The van der Waals surface area contributed by atoms with Crippen molar-refractivity contribution in [3.63, 3.8) is 0 Å². The van der Waals surface area contributed by atoms with Gasteiger partial charge in [-0.2, -0.15) is 13.2 Å². The van der Waals surface area contributed by atoms with Crippen molar-refractivity contribution in [2.24, 2.45) is 0 Å². The molecular weight excluding hydrogens is 315 g/mol. The normalized spacial score (nSPS) is 21.0. The molecule has 4 N–H and O–H groups in total. The first-order chi connectivity index (χ1) is 10.8. The van der Waals surface area contributed by atoms with E-state index in [1.165, 1.54) is 6.07 Å². The van der Waals surface area contributed by atoms with Crippen molar-refractivity contribution in [1.29, 1.82) is 0 Å². The van der Waals surface area contributed by atoms with Gasteiger partial charge in [0.25, 0.3) is 5.91 Å². The van der Waals surface area contributed by atoms with Crippen molar-refractivity contribution in [3.05, 3.63) is 35.4 Å². The predicted octanol–water partition coefficient (Wildman–Crippen LogP) is -0.116. The summed E-state index contributed by atoms with van der Waals surface area (Å²) in [5.41, 5.74) is -1.12. The van der Waals surface area contributed by atoms with Gasteiger partial charge in [0.15, 0.2) is 0 Å². The van der Waals surface area contributed by atoms with E-state index in [1.807, 2.05) is 0 Å². The van der Waals surface area contributed by atoms with Crippen molar-refractivity contribution < 1.29 is 27.9 Å². The number of carbonyl (C=O) groups is 2. The molecule has 6 nitrogen and oxygen atoms in total. The number of β-amino-alcohol motifs (C(OH)–C–C–N with tert-alkyl or cyclic N) is 1. The van der Waals surface area contributed by atoms with Crippen LogP contribution < -0.4 is 16.0 Å². The number of hydrogen-bond donors (Lipinski definition) is 4. The average molecular weight is 331 g/mol. The number of carbonyl (C=O) groups excluding carboxylic acids is 2. The highest BCUT2D eigenvalue weighted by atomic mass is 19.4. The zero-order valence-electron chi connectivity index (χ0n) is 12.0. The van der Waals surface area contributed by atoms with Crippen LogP contribution in [0.2, 0.25) is 0 Å². The number of alkyl halides is 3. The Kier molecular flexibility index (Phi) is 5.22. The van der Waals surface area contributed by atoms with Gasteiger partial charge in [-0.05, 0) is 18.2 Å². The molecule has 1 unspecified atom stereocenters. The summed E-state index contributed by atoms with van der Waals surface area (Å²) < 4.78 is 37.8. The molecule has 2 amide bonds. The molecule has 0 aliphatic carbocycles. The summed E-state index contributed by atoms with van der Waals surface area (Å²) in [4.78, 5) is 23.5. The SMILES string of the molecule is O=C(CNC(=O)c1cccc(C(F)(F)F)c1)N[C@H]1CNCC1O. The maximum Gasteiger partial charge on any atom is 0.416 e. The molecule has 1 aromatic rings. The molecule has 1 fully saturated rings. The van der Waals surface area contributed by atoms with Crippen LogP contribution in [0.1, 0.15) is 15.9 Å². The number of rotatable bonds is 4. The highest BCUT2D eigenvalue weighted by Gasteiger charge is 2.31. The number of nitrogens with one attached hydrogen (secondary N) is 3. The summed E-state index contributed by atoms with van der Waals surface area (Å²) in [6.45, 7) is 0.383. The maximum absolute atomic E-state index is 12.6. The molecule has 1 aromatic carbocycles. The van der Waals surface area contributed by atoms with E-state index in [2.05, 4.69) is 16.0 Å². The lowest BCUT2D eigenvalue weighted by molar-refractivity contribution is -0.137.